The minimum absolute atomic E-state index is 0.282. The summed E-state index contributed by atoms with van der Waals surface area (Å²) in [7, 11) is 0. The monoisotopic (exact) mass is 312 g/mol. The predicted molar refractivity (Wildman–Crippen MR) is 89.3 cm³/mol. The van der Waals surface area contributed by atoms with Gasteiger partial charge in [0, 0.05) is 35.7 Å². The van der Waals surface area contributed by atoms with Gasteiger partial charge in [0.2, 0.25) is 0 Å². The molecule has 0 bridgehead atoms. The van der Waals surface area contributed by atoms with Gasteiger partial charge in [-0.25, -0.2) is 4.98 Å². The second-order valence-corrected chi connectivity index (χ2v) is 5.82. The standard InChI is InChI=1S/C18H17ClN2O/c1-2-4-16(22)10-13-5-3-6-14(9-13)17-12-20-18-11-15(19)7-8-21(17)18/h3,5-9,11-12H,2,4,10H2,1H3. The molecule has 0 aliphatic carbocycles. The van der Waals surface area contributed by atoms with E-state index in [0.717, 1.165) is 28.9 Å². The van der Waals surface area contributed by atoms with E-state index in [1.807, 2.05) is 54.0 Å². The van der Waals surface area contributed by atoms with E-state index in [1.165, 1.54) is 0 Å². The number of nitrogens with zero attached hydrogens (tertiary/aromatic N) is 2. The normalized spacial score (nSPS) is 11.0. The van der Waals surface area contributed by atoms with Gasteiger partial charge in [-0.05, 0) is 24.1 Å². The molecule has 0 aliphatic heterocycles. The summed E-state index contributed by atoms with van der Waals surface area (Å²) in [6.07, 6.45) is 5.77. The summed E-state index contributed by atoms with van der Waals surface area (Å²) >= 11 is 6.00. The van der Waals surface area contributed by atoms with Crippen LogP contribution in [0.2, 0.25) is 5.02 Å². The third-order valence-electron chi connectivity index (χ3n) is 3.63. The molecule has 3 aromatic rings. The molecule has 112 valence electrons. The first-order chi connectivity index (χ1) is 10.7. The van der Waals surface area contributed by atoms with Gasteiger partial charge in [0.1, 0.15) is 11.4 Å². The molecule has 0 saturated heterocycles. The maximum absolute atomic E-state index is 11.8. The average Bonchev–Trinajstić information content (AvgIpc) is 2.90. The summed E-state index contributed by atoms with van der Waals surface area (Å²) in [6, 6.07) is 11.8. The van der Waals surface area contributed by atoms with Crippen molar-refractivity contribution >= 4 is 23.0 Å². The lowest BCUT2D eigenvalue weighted by Gasteiger charge is -2.05. The van der Waals surface area contributed by atoms with Crippen LogP contribution < -0.4 is 0 Å². The Balaban J connectivity index is 1.95. The van der Waals surface area contributed by atoms with Crippen LogP contribution in [-0.2, 0) is 11.2 Å². The van der Waals surface area contributed by atoms with Crippen LogP contribution in [0.5, 0.6) is 0 Å². The zero-order valence-corrected chi connectivity index (χ0v) is 13.2. The minimum atomic E-state index is 0.282. The van der Waals surface area contributed by atoms with Crippen molar-refractivity contribution in [2.45, 2.75) is 26.2 Å². The summed E-state index contributed by atoms with van der Waals surface area (Å²) in [5.41, 5.74) is 3.91. The predicted octanol–water partition coefficient (Wildman–Crippen LogP) is 4.57. The minimum Gasteiger partial charge on any atom is -0.300 e. The molecule has 2 aromatic heterocycles. The number of aromatic nitrogens is 2. The number of imidazole rings is 1. The van der Waals surface area contributed by atoms with E-state index >= 15 is 0 Å². The maximum Gasteiger partial charge on any atom is 0.138 e. The van der Waals surface area contributed by atoms with Gasteiger partial charge in [0.25, 0.3) is 0 Å². The molecule has 22 heavy (non-hydrogen) atoms. The van der Waals surface area contributed by atoms with E-state index in [2.05, 4.69) is 11.1 Å². The molecular weight excluding hydrogens is 296 g/mol. The van der Waals surface area contributed by atoms with Crippen molar-refractivity contribution in [1.29, 1.82) is 0 Å². The molecule has 0 radical (unpaired) electrons. The van der Waals surface area contributed by atoms with Gasteiger partial charge in [0.15, 0.2) is 0 Å². The van der Waals surface area contributed by atoms with Crippen molar-refractivity contribution in [3.05, 3.63) is 59.4 Å². The van der Waals surface area contributed by atoms with Crippen LogP contribution in [0.15, 0.2) is 48.8 Å². The highest BCUT2D eigenvalue weighted by atomic mass is 35.5. The quantitative estimate of drug-likeness (QED) is 0.692. The Morgan fingerprint density at radius 3 is 2.95 bits per heavy atom. The first-order valence-corrected chi connectivity index (χ1v) is 7.79. The summed E-state index contributed by atoms with van der Waals surface area (Å²) < 4.78 is 2.00. The first kappa shape index (κ1) is 14.8. The summed E-state index contributed by atoms with van der Waals surface area (Å²) in [5, 5.41) is 0.670. The SMILES string of the molecule is CCCC(=O)Cc1cccc(-c2cnc3cc(Cl)ccn23)c1. The van der Waals surface area contributed by atoms with Gasteiger partial charge in [-0.1, -0.05) is 36.7 Å². The summed E-state index contributed by atoms with van der Waals surface area (Å²) in [4.78, 5) is 16.2. The van der Waals surface area contributed by atoms with Crippen LogP contribution in [0.3, 0.4) is 0 Å². The molecule has 3 rings (SSSR count). The molecule has 0 aliphatic rings. The van der Waals surface area contributed by atoms with Gasteiger partial charge < -0.3 is 0 Å². The Morgan fingerprint density at radius 2 is 2.14 bits per heavy atom. The molecule has 4 heteroatoms. The lowest BCUT2D eigenvalue weighted by Crippen LogP contribution is -2.01. The Kier molecular flexibility index (Phi) is 4.25. The van der Waals surface area contributed by atoms with Crippen molar-refractivity contribution in [2.75, 3.05) is 0 Å². The number of Topliss-reactive ketones (excluding diaryl/α,β-unsaturated/α-hetero) is 1. The number of pyridine rings is 1. The van der Waals surface area contributed by atoms with E-state index in [1.54, 1.807) is 0 Å². The van der Waals surface area contributed by atoms with Crippen LogP contribution in [0.1, 0.15) is 25.3 Å². The van der Waals surface area contributed by atoms with Crippen molar-refractivity contribution in [1.82, 2.24) is 9.38 Å². The number of fused-ring (bicyclic) bond motifs is 1. The molecule has 0 atom stereocenters. The second kappa shape index (κ2) is 6.32. The number of carbonyl (C=O) groups is 1. The van der Waals surface area contributed by atoms with Gasteiger partial charge >= 0.3 is 0 Å². The lowest BCUT2D eigenvalue weighted by atomic mass is 10.0. The average molecular weight is 313 g/mol. The molecule has 0 fully saturated rings. The smallest absolute Gasteiger partial charge is 0.138 e. The fraction of sp³-hybridized carbons (Fsp3) is 0.222. The van der Waals surface area contributed by atoms with E-state index in [9.17, 15) is 4.79 Å². The van der Waals surface area contributed by atoms with Crippen LogP contribution in [0, 0.1) is 0 Å². The van der Waals surface area contributed by atoms with Crippen molar-refractivity contribution < 1.29 is 4.79 Å². The highest BCUT2D eigenvalue weighted by molar-refractivity contribution is 6.30. The molecule has 0 saturated carbocycles. The van der Waals surface area contributed by atoms with Gasteiger partial charge in [-0.15, -0.1) is 0 Å². The zero-order valence-electron chi connectivity index (χ0n) is 12.4. The van der Waals surface area contributed by atoms with E-state index in [4.69, 9.17) is 11.6 Å². The van der Waals surface area contributed by atoms with Crippen LogP contribution in [-0.4, -0.2) is 15.2 Å². The number of carbonyl (C=O) groups excluding carboxylic acids is 1. The Bertz CT molecular complexity index is 823. The number of hydrogen-bond acceptors (Lipinski definition) is 2. The number of rotatable bonds is 5. The van der Waals surface area contributed by atoms with Crippen LogP contribution >= 0.6 is 11.6 Å². The van der Waals surface area contributed by atoms with Crippen molar-refractivity contribution in [3.8, 4) is 11.3 Å². The third kappa shape index (κ3) is 3.04. The molecule has 2 heterocycles. The summed E-state index contributed by atoms with van der Waals surface area (Å²) in [5.74, 6) is 0.282. The van der Waals surface area contributed by atoms with E-state index in [0.29, 0.717) is 17.9 Å². The number of benzene rings is 1. The Hall–Kier alpha value is -2.13. The third-order valence-corrected chi connectivity index (χ3v) is 3.86. The summed E-state index contributed by atoms with van der Waals surface area (Å²) in [6.45, 7) is 2.03. The van der Waals surface area contributed by atoms with Crippen LogP contribution in [0.4, 0.5) is 0 Å². The largest absolute Gasteiger partial charge is 0.300 e. The molecule has 1 aromatic carbocycles. The van der Waals surface area contributed by atoms with Gasteiger partial charge in [-0.2, -0.15) is 0 Å². The molecule has 0 amide bonds. The highest BCUT2D eigenvalue weighted by Crippen LogP contribution is 2.23. The van der Waals surface area contributed by atoms with E-state index < -0.39 is 0 Å². The highest BCUT2D eigenvalue weighted by Gasteiger charge is 2.08. The topological polar surface area (TPSA) is 34.4 Å². The molecule has 0 N–H and O–H groups in total. The fourth-order valence-corrected chi connectivity index (χ4v) is 2.76. The molecule has 0 spiro atoms. The fourth-order valence-electron chi connectivity index (χ4n) is 2.60. The zero-order chi connectivity index (χ0) is 15.5. The van der Waals surface area contributed by atoms with Crippen molar-refractivity contribution in [3.63, 3.8) is 0 Å². The second-order valence-electron chi connectivity index (χ2n) is 5.38. The first-order valence-electron chi connectivity index (χ1n) is 7.41. The van der Waals surface area contributed by atoms with E-state index in [-0.39, 0.29) is 5.78 Å². The van der Waals surface area contributed by atoms with Crippen molar-refractivity contribution in [2.24, 2.45) is 0 Å². The Labute approximate surface area is 134 Å². The molecule has 3 nitrogen and oxygen atoms in total. The molecular formula is C18H17ClN2O. The number of hydrogen-bond donors (Lipinski definition) is 0. The Morgan fingerprint density at radius 1 is 1.27 bits per heavy atom. The van der Waals surface area contributed by atoms with Crippen LogP contribution in [0.25, 0.3) is 16.9 Å². The number of ketones is 1. The lowest BCUT2D eigenvalue weighted by molar-refractivity contribution is -0.118. The number of halogens is 1. The van der Waals surface area contributed by atoms with Gasteiger partial charge in [0.05, 0.1) is 11.9 Å². The maximum atomic E-state index is 11.8. The van der Waals surface area contributed by atoms with Gasteiger partial charge in [-0.3, -0.25) is 9.20 Å². The molecule has 0 unspecified atom stereocenters.